The van der Waals surface area contributed by atoms with E-state index in [0.29, 0.717) is 25.8 Å². The van der Waals surface area contributed by atoms with E-state index in [0.717, 1.165) is 0 Å². The van der Waals surface area contributed by atoms with Gasteiger partial charge in [0.05, 0.1) is 0 Å². The summed E-state index contributed by atoms with van der Waals surface area (Å²) in [6, 6.07) is 0. The van der Waals surface area contributed by atoms with Crippen LogP contribution in [0.15, 0.2) is 9.98 Å². The van der Waals surface area contributed by atoms with Crippen LogP contribution in [0, 0.1) is 0 Å². The van der Waals surface area contributed by atoms with Crippen molar-refractivity contribution in [2.75, 3.05) is 19.4 Å². The van der Waals surface area contributed by atoms with Gasteiger partial charge in [-0.1, -0.05) is 0 Å². The van der Waals surface area contributed by atoms with Crippen LogP contribution in [0.2, 0.25) is 0 Å². The van der Waals surface area contributed by atoms with Crippen LogP contribution in [0.3, 0.4) is 0 Å². The fraction of sp³-hybridized carbons (Fsp3) is 0.625. The summed E-state index contributed by atoms with van der Waals surface area (Å²) in [6.45, 7) is 12.4. The first-order valence-corrected chi connectivity index (χ1v) is 4.74. The van der Waals surface area contributed by atoms with E-state index in [1.165, 1.54) is 0 Å². The topological polar surface area (TPSA) is 53.8 Å². The van der Waals surface area contributed by atoms with E-state index in [1.54, 1.807) is 0 Å². The third kappa shape index (κ3) is 31.3. The van der Waals surface area contributed by atoms with E-state index in [-0.39, 0.29) is 71.3 Å². The van der Waals surface area contributed by atoms with Crippen LogP contribution >= 0.6 is 9.24 Å². The average Bonchev–Trinajstić information content (AvgIpc) is 2.16. The van der Waals surface area contributed by atoms with Crippen molar-refractivity contribution >= 4 is 28.6 Å². The molecule has 0 spiro atoms. The van der Waals surface area contributed by atoms with Crippen molar-refractivity contribution in [2.24, 2.45) is 9.98 Å². The monoisotopic (exact) mass is 379 g/mol. The number of aliphatic imine (C=N–C) groups is 2. The van der Waals surface area contributed by atoms with Gasteiger partial charge >= 0.3 is 0 Å². The Morgan fingerprint density at radius 1 is 1.33 bits per heavy atom. The minimum atomic E-state index is 0. The molecule has 0 fully saturated rings. The Kier molecular flexibility index (Phi) is 41.6. The standard InChI is InChI=1S/C6H11N2O.C2H5NP.2Y/c1-3-8-6(9)4-5-7-2;1-3-2-4;;/h2H,3-5H2,1H3,(H,8,9);1H,2,4H2;;/q2*-1;;. The second kappa shape index (κ2) is 24.6. The van der Waals surface area contributed by atoms with Gasteiger partial charge in [0.15, 0.2) is 0 Å². The molecule has 15 heavy (non-hydrogen) atoms. The van der Waals surface area contributed by atoms with Crippen molar-refractivity contribution in [3.63, 3.8) is 0 Å². The van der Waals surface area contributed by atoms with E-state index < -0.39 is 0 Å². The van der Waals surface area contributed by atoms with Gasteiger partial charge in [0.2, 0.25) is 5.91 Å². The molecule has 0 aliphatic carbocycles. The van der Waals surface area contributed by atoms with Gasteiger partial charge in [-0.3, -0.25) is 4.79 Å². The molecule has 0 saturated heterocycles. The summed E-state index contributed by atoms with van der Waals surface area (Å²) in [4.78, 5) is 17.1. The van der Waals surface area contributed by atoms with Crippen LogP contribution < -0.4 is 5.32 Å². The maximum absolute atomic E-state index is 10.6. The van der Waals surface area contributed by atoms with E-state index in [4.69, 9.17) is 6.72 Å². The first-order valence-electron chi connectivity index (χ1n) is 3.93. The van der Waals surface area contributed by atoms with Gasteiger partial charge in [-0.2, -0.15) is 0 Å². The minimum Gasteiger partial charge on any atom is -0.506 e. The zero-order valence-electron chi connectivity index (χ0n) is 9.02. The third-order valence-electron chi connectivity index (χ3n) is 0.947. The number of carbonyl (C=O) groups excluding carboxylic acids is 1. The zero-order chi connectivity index (χ0) is 10.5. The van der Waals surface area contributed by atoms with Crippen LogP contribution in [0.25, 0.3) is 0 Å². The molecule has 1 unspecified atom stereocenters. The molecule has 0 aromatic rings. The van der Waals surface area contributed by atoms with Crippen molar-refractivity contribution in [3.8, 4) is 0 Å². The van der Waals surface area contributed by atoms with Gasteiger partial charge in [0, 0.05) is 91.2 Å². The molecule has 4 nitrogen and oxygen atoms in total. The Morgan fingerprint density at radius 3 is 2.07 bits per heavy atom. The predicted octanol–water partition coefficient (Wildman–Crippen LogP) is 0.482. The van der Waals surface area contributed by atoms with Gasteiger partial charge in [0.1, 0.15) is 0 Å². The van der Waals surface area contributed by atoms with Gasteiger partial charge in [-0.05, 0) is 6.92 Å². The molecule has 0 aromatic heterocycles. The average molecular weight is 379 g/mol. The Balaban J connectivity index is -0.0000000883. The number of carbonyl (C=O) groups is 1. The molecule has 0 aliphatic heterocycles. The van der Waals surface area contributed by atoms with Crippen LogP contribution in [-0.2, 0) is 70.2 Å². The molecule has 0 aliphatic rings. The van der Waals surface area contributed by atoms with Crippen LogP contribution in [0.1, 0.15) is 13.3 Å². The zero-order valence-corrected chi connectivity index (χ0v) is 15.8. The fourth-order valence-electron chi connectivity index (χ4n) is 0.452. The molecule has 1 atom stereocenters. The van der Waals surface area contributed by atoms with Gasteiger partial charge in [-0.15, -0.1) is 9.24 Å². The summed E-state index contributed by atoms with van der Waals surface area (Å²) in [5, 5.41) is 2.63. The summed E-state index contributed by atoms with van der Waals surface area (Å²) in [7, 11) is 2.36. The number of nitrogens with zero attached hydrogens (tertiary/aromatic N) is 2. The Bertz CT molecular complexity index is 159. The van der Waals surface area contributed by atoms with E-state index in [1.807, 2.05) is 6.92 Å². The molecular formula is C8H16N3OPY2-2. The number of nitrogens with one attached hydrogen (secondary N) is 1. The van der Waals surface area contributed by atoms with Crippen molar-refractivity contribution in [1.29, 1.82) is 0 Å². The van der Waals surface area contributed by atoms with Crippen molar-refractivity contribution in [1.82, 2.24) is 5.32 Å². The quantitative estimate of drug-likeness (QED) is 0.422. The Labute approximate surface area is 145 Å². The summed E-state index contributed by atoms with van der Waals surface area (Å²) in [5.74, 6) is 0.00620. The van der Waals surface area contributed by atoms with Gasteiger partial charge in [-0.25, -0.2) is 0 Å². The van der Waals surface area contributed by atoms with Crippen LogP contribution in [0.4, 0.5) is 0 Å². The van der Waals surface area contributed by atoms with Gasteiger partial charge in [0.25, 0.3) is 0 Å². The van der Waals surface area contributed by atoms with Gasteiger partial charge < -0.3 is 28.7 Å². The normalized spacial score (nSPS) is 6.80. The number of hydrogen-bond donors (Lipinski definition) is 1. The smallest absolute Gasteiger partial charge is 0.221 e. The first-order chi connectivity index (χ1) is 6.22. The first kappa shape index (κ1) is 25.3. The van der Waals surface area contributed by atoms with E-state index in [9.17, 15) is 4.79 Å². The third-order valence-corrected chi connectivity index (χ3v) is 1.16. The van der Waals surface area contributed by atoms with Crippen LogP contribution in [-0.4, -0.2) is 38.7 Å². The predicted molar refractivity (Wildman–Crippen MR) is 59.7 cm³/mol. The number of rotatable bonds is 5. The van der Waals surface area contributed by atoms with E-state index in [2.05, 4.69) is 31.3 Å². The summed E-state index contributed by atoms with van der Waals surface area (Å²) < 4.78 is 0. The largest absolute Gasteiger partial charge is 0.506 e. The summed E-state index contributed by atoms with van der Waals surface area (Å²) >= 11 is 0. The van der Waals surface area contributed by atoms with Crippen molar-refractivity contribution in [3.05, 3.63) is 0 Å². The molecule has 2 radical (unpaired) electrons. The van der Waals surface area contributed by atoms with Crippen molar-refractivity contribution < 1.29 is 70.2 Å². The summed E-state index contributed by atoms with van der Waals surface area (Å²) in [5.41, 5.74) is 0. The molecule has 0 rings (SSSR count). The molecule has 0 aromatic carbocycles. The molecule has 0 bridgehead atoms. The second-order valence-electron chi connectivity index (χ2n) is 1.97. The molecule has 1 N–H and O–H groups in total. The molecule has 0 saturated carbocycles. The SMILES string of the molecule is [CH-]=NCCC(=O)NCC.[CH-]=NCP.[Y].[Y]. The molecule has 1 amide bonds. The maximum Gasteiger partial charge on any atom is 0.221 e. The maximum atomic E-state index is 10.6. The Morgan fingerprint density at radius 2 is 1.80 bits per heavy atom. The number of hydrogen-bond acceptors (Lipinski definition) is 3. The number of amides is 1. The minimum absolute atomic E-state index is 0. The molecule has 7 heteroatoms. The molecule has 0 heterocycles. The second-order valence-corrected chi connectivity index (χ2v) is 2.34. The fourth-order valence-corrected chi connectivity index (χ4v) is 0.452. The molecule has 82 valence electrons. The Hall–Kier alpha value is 1.45. The van der Waals surface area contributed by atoms with E-state index >= 15 is 0 Å². The van der Waals surface area contributed by atoms with Crippen LogP contribution in [0.5, 0.6) is 0 Å². The molecular weight excluding hydrogens is 363 g/mol. The summed E-state index contributed by atoms with van der Waals surface area (Å²) in [6.07, 6.45) is 1.03. The van der Waals surface area contributed by atoms with Crippen molar-refractivity contribution in [2.45, 2.75) is 13.3 Å².